The molecular formula is C8H17N3. The molecule has 0 fully saturated rings. The van der Waals surface area contributed by atoms with Crippen LogP contribution in [-0.2, 0) is 0 Å². The van der Waals surface area contributed by atoms with Gasteiger partial charge in [-0.15, -0.1) is 0 Å². The van der Waals surface area contributed by atoms with Gasteiger partial charge in [0.25, 0.3) is 0 Å². The van der Waals surface area contributed by atoms with Gasteiger partial charge in [-0.2, -0.15) is 0 Å². The number of rotatable bonds is 3. The zero-order chi connectivity index (χ0) is 8.85. The van der Waals surface area contributed by atoms with Crippen LogP contribution in [0, 0.1) is 5.92 Å². The summed E-state index contributed by atoms with van der Waals surface area (Å²) in [5, 5.41) is 2.87. The molecule has 0 rings (SSSR count). The first kappa shape index (κ1) is 9.88. The average Bonchev–Trinajstić information content (AvgIpc) is 1.99. The first-order valence-electron chi connectivity index (χ1n) is 3.71. The highest BCUT2D eigenvalue weighted by molar-refractivity contribution is 5.04. The first-order valence-corrected chi connectivity index (χ1v) is 3.71. The van der Waals surface area contributed by atoms with Crippen LogP contribution in [-0.4, -0.2) is 0 Å². The molecule has 0 atom stereocenters. The van der Waals surface area contributed by atoms with Gasteiger partial charge in [0.2, 0.25) is 0 Å². The van der Waals surface area contributed by atoms with Crippen molar-refractivity contribution >= 4 is 0 Å². The van der Waals surface area contributed by atoms with Crippen molar-refractivity contribution in [3.05, 3.63) is 23.8 Å². The summed E-state index contributed by atoms with van der Waals surface area (Å²) in [6.07, 6.45) is 3.50. The standard InChI is InChI=1S/C8H17N3/c1-4-8(10)11-5-7(9)6(2)3/h4-6,11H,9-10H2,1-3H3/b7-5-,8-4-. The zero-order valence-electron chi connectivity index (χ0n) is 7.39. The summed E-state index contributed by atoms with van der Waals surface area (Å²) in [4.78, 5) is 0. The Bertz CT molecular complexity index is 168. The minimum Gasteiger partial charge on any atom is -0.401 e. The Kier molecular flexibility index (Phi) is 4.18. The van der Waals surface area contributed by atoms with E-state index in [1.165, 1.54) is 0 Å². The van der Waals surface area contributed by atoms with Crippen LogP contribution in [0.2, 0.25) is 0 Å². The van der Waals surface area contributed by atoms with Crippen molar-refractivity contribution in [2.75, 3.05) is 0 Å². The van der Waals surface area contributed by atoms with Gasteiger partial charge >= 0.3 is 0 Å². The Morgan fingerprint density at radius 2 is 1.91 bits per heavy atom. The predicted octanol–water partition coefficient (Wildman–Crippen LogP) is 0.852. The summed E-state index contributed by atoms with van der Waals surface area (Å²) in [5.74, 6) is 0.973. The number of nitrogens with two attached hydrogens (primary N) is 2. The van der Waals surface area contributed by atoms with Gasteiger partial charge in [-0.3, -0.25) is 0 Å². The van der Waals surface area contributed by atoms with Crippen LogP contribution < -0.4 is 16.8 Å². The summed E-state index contributed by atoms with van der Waals surface area (Å²) >= 11 is 0. The molecule has 0 heterocycles. The topological polar surface area (TPSA) is 64.1 Å². The van der Waals surface area contributed by atoms with E-state index in [9.17, 15) is 0 Å². The third-order valence-electron chi connectivity index (χ3n) is 1.38. The third kappa shape index (κ3) is 4.31. The van der Waals surface area contributed by atoms with E-state index >= 15 is 0 Å². The van der Waals surface area contributed by atoms with Crippen LogP contribution in [0.4, 0.5) is 0 Å². The second kappa shape index (κ2) is 4.66. The Balaban J connectivity index is 3.92. The summed E-state index contributed by atoms with van der Waals surface area (Å²) in [6, 6.07) is 0. The molecule has 0 aliphatic carbocycles. The fraction of sp³-hybridized carbons (Fsp3) is 0.500. The molecule has 0 saturated carbocycles. The van der Waals surface area contributed by atoms with Crippen molar-refractivity contribution in [1.29, 1.82) is 0 Å². The van der Waals surface area contributed by atoms with Crippen LogP contribution in [0.15, 0.2) is 23.8 Å². The van der Waals surface area contributed by atoms with Crippen molar-refractivity contribution in [3.8, 4) is 0 Å². The van der Waals surface area contributed by atoms with E-state index in [1.54, 1.807) is 12.3 Å². The molecule has 0 radical (unpaired) electrons. The molecule has 0 unspecified atom stereocenters. The van der Waals surface area contributed by atoms with Crippen LogP contribution >= 0.6 is 0 Å². The number of allylic oxidation sites excluding steroid dienone is 2. The normalized spacial score (nSPS) is 13.8. The van der Waals surface area contributed by atoms with E-state index in [-0.39, 0.29) is 0 Å². The summed E-state index contributed by atoms with van der Waals surface area (Å²) in [7, 11) is 0. The van der Waals surface area contributed by atoms with Gasteiger partial charge in [-0.25, -0.2) is 0 Å². The molecule has 0 spiro atoms. The van der Waals surface area contributed by atoms with Gasteiger partial charge in [0.1, 0.15) is 0 Å². The zero-order valence-corrected chi connectivity index (χ0v) is 7.39. The van der Waals surface area contributed by atoms with E-state index in [4.69, 9.17) is 11.5 Å². The largest absolute Gasteiger partial charge is 0.401 e. The highest BCUT2D eigenvalue weighted by Gasteiger charge is 1.94. The smallest absolute Gasteiger partial charge is 0.0956 e. The molecule has 0 aliphatic rings. The molecule has 0 saturated heterocycles. The Morgan fingerprint density at radius 3 is 2.27 bits per heavy atom. The molecule has 0 amide bonds. The lowest BCUT2D eigenvalue weighted by Gasteiger charge is -2.05. The minimum absolute atomic E-state index is 0.354. The molecule has 0 aromatic rings. The second-order valence-electron chi connectivity index (χ2n) is 2.69. The number of nitrogens with one attached hydrogen (secondary N) is 1. The van der Waals surface area contributed by atoms with Crippen molar-refractivity contribution in [1.82, 2.24) is 5.32 Å². The molecule has 0 aromatic carbocycles. The summed E-state index contributed by atoms with van der Waals surface area (Å²) < 4.78 is 0. The van der Waals surface area contributed by atoms with Gasteiger partial charge in [0, 0.05) is 11.9 Å². The highest BCUT2D eigenvalue weighted by atomic mass is 15.0. The summed E-state index contributed by atoms with van der Waals surface area (Å²) in [5.41, 5.74) is 11.9. The van der Waals surface area contributed by atoms with E-state index in [0.717, 1.165) is 5.70 Å². The van der Waals surface area contributed by atoms with Crippen molar-refractivity contribution in [2.24, 2.45) is 17.4 Å². The molecule has 5 N–H and O–H groups in total. The maximum absolute atomic E-state index is 5.64. The minimum atomic E-state index is 0.354. The van der Waals surface area contributed by atoms with Crippen molar-refractivity contribution < 1.29 is 0 Å². The molecule has 0 aliphatic heterocycles. The number of hydrogen-bond acceptors (Lipinski definition) is 3. The van der Waals surface area contributed by atoms with Crippen LogP contribution in [0.25, 0.3) is 0 Å². The third-order valence-corrected chi connectivity index (χ3v) is 1.38. The fourth-order valence-corrected chi connectivity index (χ4v) is 0.417. The monoisotopic (exact) mass is 155 g/mol. The molecular weight excluding hydrogens is 138 g/mol. The lowest BCUT2D eigenvalue weighted by atomic mass is 10.2. The summed E-state index contributed by atoms with van der Waals surface area (Å²) in [6.45, 7) is 5.92. The van der Waals surface area contributed by atoms with E-state index in [0.29, 0.717) is 11.7 Å². The van der Waals surface area contributed by atoms with Crippen LogP contribution in [0.5, 0.6) is 0 Å². The van der Waals surface area contributed by atoms with Crippen LogP contribution in [0.1, 0.15) is 20.8 Å². The molecule has 0 bridgehead atoms. The molecule has 0 aromatic heterocycles. The molecule has 64 valence electrons. The van der Waals surface area contributed by atoms with E-state index < -0.39 is 0 Å². The maximum Gasteiger partial charge on any atom is 0.0956 e. The molecule has 3 nitrogen and oxygen atoms in total. The lowest BCUT2D eigenvalue weighted by molar-refractivity contribution is 0.744. The van der Waals surface area contributed by atoms with Crippen molar-refractivity contribution in [2.45, 2.75) is 20.8 Å². The van der Waals surface area contributed by atoms with Gasteiger partial charge in [-0.05, 0) is 18.9 Å². The first-order chi connectivity index (χ1) is 5.07. The average molecular weight is 155 g/mol. The van der Waals surface area contributed by atoms with Gasteiger partial charge in [0.05, 0.1) is 5.82 Å². The predicted molar refractivity (Wildman–Crippen MR) is 48.2 cm³/mol. The SMILES string of the molecule is C/C=C(/N)N/C=C(\N)C(C)C. The Labute approximate surface area is 68.1 Å². The number of hydrogen-bond donors (Lipinski definition) is 3. The maximum atomic E-state index is 5.64. The van der Waals surface area contributed by atoms with Gasteiger partial charge in [-0.1, -0.05) is 13.8 Å². The van der Waals surface area contributed by atoms with Gasteiger partial charge in [0.15, 0.2) is 0 Å². The van der Waals surface area contributed by atoms with Crippen LogP contribution in [0.3, 0.4) is 0 Å². The fourth-order valence-electron chi connectivity index (χ4n) is 0.417. The quantitative estimate of drug-likeness (QED) is 0.566. The molecule has 11 heavy (non-hydrogen) atoms. The van der Waals surface area contributed by atoms with Gasteiger partial charge < -0.3 is 16.8 Å². The van der Waals surface area contributed by atoms with E-state index in [2.05, 4.69) is 5.32 Å². The highest BCUT2D eigenvalue weighted by Crippen LogP contribution is 1.99. The van der Waals surface area contributed by atoms with Crippen molar-refractivity contribution in [3.63, 3.8) is 0 Å². The van der Waals surface area contributed by atoms with E-state index in [1.807, 2.05) is 20.8 Å². The lowest BCUT2D eigenvalue weighted by Crippen LogP contribution is -2.17. The second-order valence-corrected chi connectivity index (χ2v) is 2.69. The Morgan fingerprint density at radius 1 is 1.36 bits per heavy atom. The molecule has 3 heteroatoms. The Hall–Kier alpha value is -1.12.